The summed E-state index contributed by atoms with van der Waals surface area (Å²) >= 11 is 0. The molecule has 0 bridgehead atoms. The van der Waals surface area contributed by atoms with Gasteiger partial charge in [0.2, 0.25) is 0 Å². The van der Waals surface area contributed by atoms with Gasteiger partial charge in [0.15, 0.2) is 0 Å². The third-order valence-corrected chi connectivity index (χ3v) is 5.15. The molecule has 7 heteroatoms. The molecule has 0 radical (unpaired) electrons. The van der Waals surface area contributed by atoms with Crippen molar-refractivity contribution in [1.29, 1.82) is 0 Å². The van der Waals surface area contributed by atoms with Crippen molar-refractivity contribution in [3.05, 3.63) is 41.2 Å². The van der Waals surface area contributed by atoms with E-state index < -0.39 is 23.5 Å². The molecule has 2 rings (SSSR count). The highest BCUT2D eigenvalue weighted by molar-refractivity contribution is 5.84. The van der Waals surface area contributed by atoms with Gasteiger partial charge in [-0.15, -0.1) is 0 Å². The number of carboxylic acids is 1. The number of Topliss-reactive ketones (excluding diaryl/α,β-unsaturated/α-hetero) is 1. The fourth-order valence-corrected chi connectivity index (χ4v) is 3.68. The molecule has 1 N–H and O–H groups in total. The Labute approximate surface area is 161 Å². The second-order valence-electron chi connectivity index (χ2n) is 7.21. The van der Waals surface area contributed by atoms with Crippen LogP contribution in [-0.2, 0) is 15.8 Å². The van der Waals surface area contributed by atoms with Crippen LogP contribution in [0.3, 0.4) is 0 Å². The van der Waals surface area contributed by atoms with Crippen LogP contribution in [-0.4, -0.2) is 16.9 Å². The van der Waals surface area contributed by atoms with E-state index in [1.54, 1.807) is 6.08 Å². The molecule has 0 aliphatic heterocycles. The highest BCUT2D eigenvalue weighted by Crippen LogP contribution is 2.36. The maximum absolute atomic E-state index is 13.2. The standard InChI is InChI=1S/C21H24F4O3/c22-16-11-9-15(18(13-16)21(23,24)25)8-7-14-10-12-19(26)17(14)5-3-1-2-4-6-20(27)28/h7-9,11,13-14,17H,1-6,10,12H2,(H,27,28)/b8-7+. The van der Waals surface area contributed by atoms with Crippen LogP contribution in [0.15, 0.2) is 24.3 Å². The molecule has 1 aromatic carbocycles. The van der Waals surface area contributed by atoms with Crippen LogP contribution in [0.2, 0.25) is 0 Å². The zero-order chi connectivity index (χ0) is 20.7. The number of ketones is 1. The highest BCUT2D eigenvalue weighted by atomic mass is 19.4. The first kappa shape index (κ1) is 22.1. The van der Waals surface area contributed by atoms with Crippen molar-refractivity contribution in [3.63, 3.8) is 0 Å². The number of unbranched alkanes of at least 4 members (excludes halogenated alkanes) is 3. The van der Waals surface area contributed by atoms with Gasteiger partial charge in [0.25, 0.3) is 0 Å². The molecule has 0 heterocycles. The predicted molar refractivity (Wildman–Crippen MR) is 97.0 cm³/mol. The van der Waals surface area contributed by atoms with Gasteiger partial charge in [0.05, 0.1) is 5.56 Å². The molecule has 1 aliphatic carbocycles. The maximum Gasteiger partial charge on any atom is 0.417 e. The number of allylic oxidation sites excluding steroid dienone is 1. The minimum absolute atomic E-state index is 0.110. The number of rotatable bonds is 9. The van der Waals surface area contributed by atoms with Crippen LogP contribution < -0.4 is 0 Å². The van der Waals surface area contributed by atoms with Gasteiger partial charge < -0.3 is 5.11 Å². The van der Waals surface area contributed by atoms with E-state index in [2.05, 4.69) is 0 Å². The van der Waals surface area contributed by atoms with Gasteiger partial charge in [-0.25, -0.2) is 4.39 Å². The van der Waals surface area contributed by atoms with Crippen LogP contribution in [0.1, 0.15) is 62.5 Å². The summed E-state index contributed by atoms with van der Waals surface area (Å²) in [5.74, 6) is -1.99. The number of carbonyl (C=O) groups is 2. The van der Waals surface area contributed by atoms with E-state index in [0.717, 1.165) is 31.4 Å². The molecular formula is C21H24F4O3. The molecule has 154 valence electrons. The minimum Gasteiger partial charge on any atom is -0.481 e. The lowest BCUT2D eigenvalue weighted by Gasteiger charge is -2.15. The zero-order valence-electron chi connectivity index (χ0n) is 15.5. The first-order chi connectivity index (χ1) is 13.2. The first-order valence-corrected chi connectivity index (χ1v) is 9.48. The van der Waals surface area contributed by atoms with E-state index in [0.29, 0.717) is 31.7 Å². The summed E-state index contributed by atoms with van der Waals surface area (Å²) < 4.78 is 52.5. The quantitative estimate of drug-likeness (QED) is 0.416. The molecular weight excluding hydrogens is 376 g/mol. The average molecular weight is 400 g/mol. The minimum atomic E-state index is -4.65. The third kappa shape index (κ3) is 6.46. The van der Waals surface area contributed by atoms with E-state index in [4.69, 9.17) is 5.11 Å². The third-order valence-electron chi connectivity index (χ3n) is 5.15. The van der Waals surface area contributed by atoms with Crippen LogP contribution >= 0.6 is 0 Å². The molecule has 1 aliphatic rings. The second kappa shape index (κ2) is 9.85. The van der Waals surface area contributed by atoms with E-state index in [9.17, 15) is 27.2 Å². The second-order valence-corrected chi connectivity index (χ2v) is 7.21. The van der Waals surface area contributed by atoms with Crippen LogP contribution in [0, 0.1) is 17.7 Å². The molecule has 1 fully saturated rings. The van der Waals surface area contributed by atoms with Crippen molar-refractivity contribution in [3.8, 4) is 0 Å². The van der Waals surface area contributed by atoms with E-state index >= 15 is 0 Å². The van der Waals surface area contributed by atoms with E-state index in [1.165, 1.54) is 6.08 Å². The summed E-state index contributed by atoms with van der Waals surface area (Å²) in [5.41, 5.74) is -1.14. The lowest BCUT2D eigenvalue weighted by molar-refractivity contribution is -0.138. The average Bonchev–Trinajstić information content (AvgIpc) is 2.96. The Morgan fingerprint density at radius 2 is 1.89 bits per heavy atom. The van der Waals surface area contributed by atoms with Gasteiger partial charge in [-0.3, -0.25) is 9.59 Å². The monoisotopic (exact) mass is 400 g/mol. The fraction of sp³-hybridized carbons (Fsp3) is 0.524. The Morgan fingerprint density at radius 3 is 2.57 bits per heavy atom. The normalized spacial score (nSPS) is 20.2. The lowest BCUT2D eigenvalue weighted by Crippen LogP contribution is -2.13. The van der Waals surface area contributed by atoms with Gasteiger partial charge >= 0.3 is 12.1 Å². The molecule has 28 heavy (non-hydrogen) atoms. The van der Waals surface area contributed by atoms with Gasteiger partial charge in [0.1, 0.15) is 11.6 Å². The fourth-order valence-electron chi connectivity index (χ4n) is 3.68. The molecule has 0 saturated heterocycles. The first-order valence-electron chi connectivity index (χ1n) is 9.48. The van der Waals surface area contributed by atoms with Crippen LogP contribution in [0.5, 0.6) is 0 Å². The summed E-state index contributed by atoms with van der Waals surface area (Å²) in [7, 11) is 0. The number of carbonyl (C=O) groups excluding carboxylic acids is 1. The summed E-state index contributed by atoms with van der Waals surface area (Å²) in [6.45, 7) is 0. The Bertz CT molecular complexity index is 725. The molecule has 0 spiro atoms. The number of aliphatic carboxylic acids is 1. The Hall–Kier alpha value is -2.18. The van der Waals surface area contributed by atoms with Gasteiger partial charge in [-0.2, -0.15) is 13.2 Å². The Morgan fingerprint density at radius 1 is 1.18 bits per heavy atom. The summed E-state index contributed by atoms with van der Waals surface area (Å²) in [4.78, 5) is 22.6. The van der Waals surface area contributed by atoms with Crippen molar-refractivity contribution in [1.82, 2.24) is 0 Å². The van der Waals surface area contributed by atoms with Crippen LogP contribution in [0.4, 0.5) is 17.6 Å². The molecule has 3 nitrogen and oxygen atoms in total. The van der Waals surface area contributed by atoms with Crippen LogP contribution in [0.25, 0.3) is 6.08 Å². The summed E-state index contributed by atoms with van der Waals surface area (Å²) in [6, 6.07) is 2.57. The smallest absolute Gasteiger partial charge is 0.417 e. The van der Waals surface area contributed by atoms with Crippen molar-refractivity contribution >= 4 is 17.8 Å². The SMILES string of the molecule is O=C(O)CCCCCCC1C(=O)CCC1/C=C/c1ccc(F)cc1C(F)(F)F. The number of hydrogen-bond donors (Lipinski definition) is 1. The molecule has 2 unspecified atom stereocenters. The Kier molecular flexibility index (Phi) is 7.78. The largest absolute Gasteiger partial charge is 0.481 e. The predicted octanol–water partition coefficient (Wildman–Crippen LogP) is 5.88. The zero-order valence-corrected chi connectivity index (χ0v) is 15.5. The highest BCUT2D eigenvalue weighted by Gasteiger charge is 2.34. The number of halogens is 4. The molecule has 0 aromatic heterocycles. The number of hydrogen-bond acceptors (Lipinski definition) is 2. The molecule has 0 amide bonds. The molecule has 1 aromatic rings. The van der Waals surface area contributed by atoms with Crippen molar-refractivity contribution < 1.29 is 32.3 Å². The van der Waals surface area contributed by atoms with E-state index in [-0.39, 0.29) is 29.6 Å². The summed E-state index contributed by atoms with van der Waals surface area (Å²) in [5, 5.41) is 8.61. The van der Waals surface area contributed by atoms with E-state index in [1.807, 2.05) is 0 Å². The van der Waals surface area contributed by atoms with Gasteiger partial charge in [0, 0.05) is 18.8 Å². The van der Waals surface area contributed by atoms with Crippen molar-refractivity contribution in [2.75, 3.05) is 0 Å². The maximum atomic E-state index is 13.2. The van der Waals surface area contributed by atoms with Gasteiger partial charge in [-0.1, -0.05) is 37.5 Å². The number of benzene rings is 1. The molecule has 1 saturated carbocycles. The number of carboxylic acid groups (broad SMARTS) is 1. The summed E-state index contributed by atoms with van der Waals surface area (Å²) in [6.07, 6.45) is 3.10. The lowest BCUT2D eigenvalue weighted by atomic mass is 9.89. The van der Waals surface area contributed by atoms with Crippen molar-refractivity contribution in [2.45, 2.75) is 57.5 Å². The Balaban J connectivity index is 1.97. The number of alkyl halides is 3. The molecule has 2 atom stereocenters. The van der Waals surface area contributed by atoms with Crippen molar-refractivity contribution in [2.24, 2.45) is 11.8 Å². The topological polar surface area (TPSA) is 54.4 Å². The van der Waals surface area contributed by atoms with Gasteiger partial charge in [-0.05, 0) is 42.9 Å².